The number of Topliss-reactive ketones (excluding diaryl/α,β-unsaturated/α-hetero) is 1. The molecule has 3 saturated carbocycles. The van der Waals surface area contributed by atoms with Crippen molar-refractivity contribution in [2.45, 2.75) is 135 Å². The zero-order valence-corrected chi connectivity index (χ0v) is 32.1. The maximum absolute atomic E-state index is 14.4. The number of nitrogens with zero attached hydrogens (tertiary/aromatic N) is 1. The molecule has 4 N–H and O–H groups in total. The predicted octanol–water partition coefficient (Wildman–Crippen LogP) is 3.50. The molecule has 4 fully saturated rings. The van der Waals surface area contributed by atoms with Crippen LogP contribution in [-0.2, 0) is 29.0 Å². The van der Waals surface area contributed by atoms with Gasteiger partial charge in [0.1, 0.15) is 12.1 Å². The second kappa shape index (κ2) is 14.0. The summed E-state index contributed by atoms with van der Waals surface area (Å²) in [6, 6.07) is -4.10. The molecule has 5 amide bonds. The number of halogens is 2. The molecule has 4 aliphatic rings. The number of ketones is 1. The van der Waals surface area contributed by atoms with Crippen molar-refractivity contribution in [1.29, 1.82) is 0 Å². The first kappa shape index (κ1) is 40.7. The molecule has 0 spiro atoms. The Bertz CT molecular complexity index is 1520. The van der Waals surface area contributed by atoms with Crippen LogP contribution in [-0.4, -0.2) is 96.0 Å². The fourth-order valence-electron chi connectivity index (χ4n) is 7.60. The van der Waals surface area contributed by atoms with Gasteiger partial charge in [0, 0.05) is 25.9 Å². The Labute approximate surface area is 301 Å². The van der Waals surface area contributed by atoms with Gasteiger partial charge in [-0.2, -0.15) is 0 Å². The summed E-state index contributed by atoms with van der Waals surface area (Å²) >= 11 is 0. The minimum absolute atomic E-state index is 0.0186. The Hall–Kier alpha value is -3.10. The van der Waals surface area contributed by atoms with Crippen LogP contribution >= 0.6 is 0 Å². The molecular formula is C36H57F2N5O7S. The maximum Gasteiger partial charge on any atom is 0.315 e. The molecule has 5 atom stereocenters. The van der Waals surface area contributed by atoms with Gasteiger partial charge in [-0.3, -0.25) is 19.2 Å². The van der Waals surface area contributed by atoms with E-state index in [1.807, 2.05) is 13.8 Å². The van der Waals surface area contributed by atoms with Crippen LogP contribution in [0.5, 0.6) is 0 Å². The number of amides is 5. The number of likely N-dealkylation sites (tertiary alicyclic amines) is 1. The molecule has 51 heavy (non-hydrogen) atoms. The monoisotopic (exact) mass is 741 g/mol. The number of rotatable bonds is 13. The van der Waals surface area contributed by atoms with Crippen molar-refractivity contribution in [3.05, 3.63) is 12.7 Å². The van der Waals surface area contributed by atoms with E-state index in [0.29, 0.717) is 6.42 Å². The Kier molecular flexibility index (Phi) is 11.2. The minimum atomic E-state index is -3.84. The van der Waals surface area contributed by atoms with E-state index < -0.39 is 97.7 Å². The minimum Gasteiger partial charge on any atom is -0.346 e. The lowest BCUT2D eigenvalue weighted by Crippen LogP contribution is -2.64. The van der Waals surface area contributed by atoms with Gasteiger partial charge in [0.2, 0.25) is 23.5 Å². The van der Waals surface area contributed by atoms with Crippen molar-refractivity contribution >= 4 is 39.4 Å². The van der Waals surface area contributed by atoms with Crippen molar-refractivity contribution < 1.29 is 41.2 Å². The topological polar surface area (TPSA) is 171 Å². The highest BCUT2D eigenvalue weighted by molar-refractivity contribution is 7.92. The predicted molar refractivity (Wildman–Crippen MR) is 188 cm³/mol. The Morgan fingerprint density at radius 3 is 2.06 bits per heavy atom. The van der Waals surface area contributed by atoms with Gasteiger partial charge in [0.25, 0.3) is 5.91 Å². The van der Waals surface area contributed by atoms with Crippen LogP contribution in [0.15, 0.2) is 12.7 Å². The third-order valence-electron chi connectivity index (χ3n) is 11.4. The first-order valence-electron chi connectivity index (χ1n) is 18.0. The van der Waals surface area contributed by atoms with Gasteiger partial charge in [-0.1, -0.05) is 53.5 Å². The number of hydrogen-bond acceptors (Lipinski definition) is 7. The van der Waals surface area contributed by atoms with Crippen molar-refractivity contribution in [2.24, 2.45) is 28.6 Å². The van der Waals surface area contributed by atoms with Crippen LogP contribution in [0.1, 0.15) is 100 Å². The largest absolute Gasteiger partial charge is 0.346 e. The van der Waals surface area contributed by atoms with Gasteiger partial charge in [-0.25, -0.2) is 22.0 Å². The van der Waals surface area contributed by atoms with E-state index in [9.17, 15) is 41.2 Å². The zero-order valence-electron chi connectivity index (χ0n) is 31.3. The second-order valence-electron chi connectivity index (χ2n) is 17.9. The summed E-state index contributed by atoms with van der Waals surface area (Å²) in [5.41, 5.74) is -2.64. The number of carbonyl (C=O) groups is 5. The van der Waals surface area contributed by atoms with Crippen LogP contribution < -0.4 is 21.3 Å². The fraction of sp³-hybridized carbons (Fsp3) is 0.806. The average Bonchev–Trinajstić information content (AvgIpc) is 3.85. The van der Waals surface area contributed by atoms with Crippen molar-refractivity contribution in [2.75, 3.05) is 18.8 Å². The quantitative estimate of drug-likeness (QED) is 0.165. The van der Waals surface area contributed by atoms with Crippen molar-refractivity contribution in [3.63, 3.8) is 0 Å². The lowest BCUT2D eigenvalue weighted by molar-refractivity contribution is -0.145. The highest BCUT2D eigenvalue weighted by Crippen LogP contribution is 2.65. The molecule has 0 aromatic rings. The van der Waals surface area contributed by atoms with Crippen LogP contribution in [0.3, 0.4) is 0 Å². The number of hydrogen-bond donors (Lipinski definition) is 4. The molecule has 1 aliphatic heterocycles. The normalized spacial score (nSPS) is 26.2. The summed E-state index contributed by atoms with van der Waals surface area (Å²) < 4.78 is 53.9. The van der Waals surface area contributed by atoms with E-state index in [1.165, 1.54) is 31.7 Å². The highest BCUT2D eigenvalue weighted by atomic mass is 32.2. The van der Waals surface area contributed by atoms with Gasteiger partial charge in [-0.05, 0) is 68.6 Å². The van der Waals surface area contributed by atoms with Gasteiger partial charge in [0.05, 0.1) is 22.1 Å². The third-order valence-corrected chi connectivity index (χ3v) is 14.2. The highest BCUT2D eigenvalue weighted by Gasteiger charge is 2.70. The SMILES string of the molecule is C=CCNC(=O)C(=O)C(CC1CC1)NC(=O)[C@@H]1[C@@H]2[C@H](CN1C(=O)[C@@H](NC(=O)NC1(CS(=O)(=O)C(C)(C)C)CCC(F)(F)CC1)C(C)(C)C)C2(C)C. The Morgan fingerprint density at radius 2 is 1.55 bits per heavy atom. The molecule has 3 aliphatic carbocycles. The number of urea groups is 1. The Morgan fingerprint density at radius 1 is 0.961 bits per heavy atom. The summed E-state index contributed by atoms with van der Waals surface area (Å²) in [5, 5.41) is 10.7. The maximum atomic E-state index is 14.4. The molecule has 15 heteroatoms. The van der Waals surface area contributed by atoms with E-state index in [1.54, 1.807) is 20.8 Å². The number of sulfone groups is 1. The first-order valence-corrected chi connectivity index (χ1v) is 19.6. The van der Waals surface area contributed by atoms with E-state index in [4.69, 9.17) is 0 Å². The van der Waals surface area contributed by atoms with E-state index in [2.05, 4.69) is 27.8 Å². The molecule has 4 rings (SSSR count). The van der Waals surface area contributed by atoms with Crippen molar-refractivity contribution in [3.8, 4) is 0 Å². The molecule has 1 saturated heterocycles. The molecule has 1 heterocycles. The summed E-state index contributed by atoms with van der Waals surface area (Å²) in [5.74, 6) is -6.27. The molecule has 288 valence electrons. The number of nitrogens with one attached hydrogen (secondary N) is 4. The van der Waals surface area contributed by atoms with Crippen LogP contribution in [0.4, 0.5) is 13.6 Å². The Balaban J connectivity index is 1.56. The molecule has 0 aromatic heterocycles. The third kappa shape index (κ3) is 9.11. The second-order valence-corrected chi connectivity index (χ2v) is 20.6. The molecule has 0 bridgehead atoms. The number of alkyl halides is 2. The van der Waals surface area contributed by atoms with E-state index >= 15 is 0 Å². The lowest BCUT2D eigenvalue weighted by Gasteiger charge is -2.43. The van der Waals surface area contributed by atoms with Gasteiger partial charge < -0.3 is 26.2 Å². The van der Waals surface area contributed by atoms with E-state index in [-0.39, 0.29) is 49.1 Å². The number of fused-ring (bicyclic) bond motifs is 1. The summed E-state index contributed by atoms with van der Waals surface area (Å²) in [4.78, 5) is 69.4. The molecule has 12 nitrogen and oxygen atoms in total. The molecular weight excluding hydrogens is 684 g/mol. The smallest absolute Gasteiger partial charge is 0.315 e. The fourth-order valence-corrected chi connectivity index (χ4v) is 9.12. The lowest BCUT2D eigenvalue weighted by atomic mass is 9.81. The summed E-state index contributed by atoms with van der Waals surface area (Å²) in [7, 11) is -3.84. The van der Waals surface area contributed by atoms with E-state index in [0.717, 1.165) is 12.8 Å². The van der Waals surface area contributed by atoms with Crippen LogP contribution in [0, 0.1) is 28.6 Å². The van der Waals surface area contributed by atoms with Gasteiger partial charge in [0.15, 0.2) is 9.84 Å². The molecule has 0 aromatic carbocycles. The standard InChI is InChI=1S/C36H57F2N5O7S/c1-10-17-39-29(46)26(44)23(18-21-11-12-21)40-28(45)25-24-22(34(24,8)9)19-43(25)30(47)27(32(2,3)4)41-31(48)42-35(13-15-36(37,38)16-14-35)20-51(49,50)33(5,6)7/h10,21-25,27H,1,11-20H2,2-9H3,(H,39,46)(H,40,45)(H2,41,42,48)/t22-,23?,24-,25-,27+/m0/s1. The summed E-state index contributed by atoms with van der Waals surface area (Å²) in [6.07, 6.45) is 1.77. The van der Waals surface area contributed by atoms with Crippen LogP contribution in [0.25, 0.3) is 0 Å². The van der Waals surface area contributed by atoms with Crippen LogP contribution in [0.2, 0.25) is 0 Å². The molecule has 1 unspecified atom stereocenters. The zero-order chi connectivity index (χ0) is 38.5. The van der Waals surface area contributed by atoms with Gasteiger partial charge >= 0.3 is 6.03 Å². The summed E-state index contributed by atoms with van der Waals surface area (Å²) in [6.45, 7) is 17.6. The number of carbonyl (C=O) groups excluding carboxylic acids is 5. The molecule has 0 radical (unpaired) electrons. The average molecular weight is 742 g/mol. The number of piperidine rings is 1. The first-order chi connectivity index (χ1) is 23.3. The van der Waals surface area contributed by atoms with Gasteiger partial charge in [-0.15, -0.1) is 6.58 Å². The van der Waals surface area contributed by atoms with Crippen molar-refractivity contribution in [1.82, 2.24) is 26.2 Å².